The van der Waals surface area contributed by atoms with E-state index in [0.29, 0.717) is 23.8 Å². The minimum absolute atomic E-state index is 0.0698. The molecule has 1 unspecified atom stereocenters. The van der Waals surface area contributed by atoms with Crippen molar-refractivity contribution in [1.29, 1.82) is 0 Å². The lowest BCUT2D eigenvalue weighted by atomic mass is 9.93. The maximum atomic E-state index is 13.3. The summed E-state index contributed by atoms with van der Waals surface area (Å²) in [5.41, 5.74) is 4.01. The van der Waals surface area contributed by atoms with Crippen molar-refractivity contribution in [3.8, 4) is 5.75 Å². The van der Waals surface area contributed by atoms with Crippen LogP contribution in [0.15, 0.2) is 85.2 Å². The van der Waals surface area contributed by atoms with Crippen molar-refractivity contribution in [3.05, 3.63) is 113 Å². The molecule has 6 heteroatoms. The van der Waals surface area contributed by atoms with E-state index in [1.807, 2.05) is 37.3 Å². The van der Waals surface area contributed by atoms with Crippen LogP contribution in [0.2, 0.25) is 0 Å². The zero-order chi connectivity index (χ0) is 25.8. The van der Waals surface area contributed by atoms with Gasteiger partial charge in [0.05, 0.1) is 11.6 Å². The molecule has 2 aromatic carbocycles. The molecule has 1 atom stereocenters. The molecule has 1 fully saturated rings. The number of pyridine rings is 1. The number of likely N-dealkylation sites (tertiary alicyclic amines) is 1. The molecule has 4 rings (SSSR count). The second kappa shape index (κ2) is 10.6. The largest absolute Gasteiger partial charge is 0.507 e. The van der Waals surface area contributed by atoms with E-state index in [1.165, 1.54) is 4.90 Å². The molecule has 1 amide bonds. The van der Waals surface area contributed by atoms with Gasteiger partial charge >= 0.3 is 0 Å². The predicted octanol–water partition coefficient (Wildman–Crippen LogP) is 5.70. The van der Waals surface area contributed by atoms with Crippen molar-refractivity contribution in [3.63, 3.8) is 0 Å². The number of aliphatic hydroxyl groups excluding tert-OH is 1. The number of aromatic nitrogens is 1. The van der Waals surface area contributed by atoms with Crippen molar-refractivity contribution in [2.75, 3.05) is 6.61 Å². The van der Waals surface area contributed by atoms with Crippen molar-refractivity contribution in [2.24, 2.45) is 0 Å². The molecule has 1 saturated heterocycles. The number of benzene rings is 2. The molecule has 0 aliphatic carbocycles. The zero-order valence-electron chi connectivity index (χ0n) is 20.8. The molecule has 184 valence electrons. The van der Waals surface area contributed by atoms with E-state index in [4.69, 9.17) is 4.74 Å². The van der Waals surface area contributed by atoms with E-state index < -0.39 is 17.7 Å². The van der Waals surface area contributed by atoms with Gasteiger partial charge in [0.25, 0.3) is 11.7 Å². The van der Waals surface area contributed by atoms with E-state index in [-0.39, 0.29) is 17.9 Å². The minimum Gasteiger partial charge on any atom is -0.507 e. The average Bonchev–Trinajstić information content (AvgIpc) is 3.13. The van der Waals surface area contributed by atoms with Gasteiger partial charge in [-0.1, -0.05) is 56.8 Å². The number of ether oxygens (including phenoxy) is 1. The molecule has 0 bridgehead atoms. The van der Waals surface area contributed by atoms with Gasteiger partial charge in [-0.25, -0.2) is 0 Å². The highest BCUT2D eigenvalue weighted by Crippen LogP contribution is 2.41. The molecule has 6 nitrogen and oxygen atoms in total. The summed E-state index contributed by atoms with van der Waals surface area (Å²) < 4.78 is 5.64. The van der Waals surface area contributed by atoms with Gasteiger partial charge in [-0.3, -0.25) is 14.6 Å². The van der Waals surface area contributed by atoms with Crippen molar-refractivity contribution >= 4 is 17.4 Å². The Morgan fingerprint density at radius 1 is 1.17 bits per heavy atom. The smallest absolute Gasteiger partial charge is 0.295 e. The molecule has 1 aromatic heterocycles. The molecule has 3 aromatic rings. The lowest BCUT2D eigenvalue weighted by molar-refractivity contribution is -0.140. The Balaban J connectivity index is 1.82. The lowest BCUT2D eigenvalue weighted by Crippen LogP contribution is -2.29. The third-order valence-electron chi connectivity index (χ3n) is 6.34. The van der Waals surface area contributed by atoms with Gasteiger partial charge < -0.3 is 14.7 Å². The SMILES string of the molecule is C=CCOc1ccc(/C(O)=C2/C(=O)C(=O)N(Cc3cccnc3)C2c2ccc(C(C)C)cc2)cc1C. The molecule has 0 saturated carbocycles. The molecule has 1 aliphatic rings. The van der Waals surface area contributed by atoms with Gasteiger partial charge in [-0.05, 0) is 59.4 Å². The summed E-state index contributed by atoms with van der Waals surface area (Å²) in [7, 11) is 0. The van der Waals surface area contributed by atoms with Crippen LogP contribution in [0.5, 0.6) is 5.75 Å². The number of amides is 1. The fraction of sp³-hybridized carbons (Fsp3) is 0.233. The van der Waals surface area contributed by atoms with Gasteiger partial charge in [0.1, 0.15) is 18.1 Å². The van der Waals surface area contributed by atoms with Crippen LogP contribution in [-0.2, 0) is 16.1 Å². The second-order valence-corrected chi connectivity index (χ2v) is 9.19. The fourth-order valence-corrected chi connectivity index (χ4v) is 4.40. The first-order valence-corrected chi connectivity index (χ1v) is 11.9. The Labute approximate surface area is 211 Å². The van der Waals surface area contributed by atoms with Crippen molar-refractivity contribution in [1.82, 2.24) is 9.88 Å². The van der Waals surface area contributed by atoms with Crippen LogP contribution >= 0.6 is 0 Å². The van der Waals surface area contributed by atoms with E-state index >= 15 is 0 Å². The molecule has 2 heterocycles. The summed E-state index contributed by atoms with van der Waals surface area (Å²) in [6.07, 6.45) is 4.98. The Kier molecular flexibility index (Phi) is 7.34. The van der Waals surface area contributed by atoms with Gasteiger partial charge in [0, 0.05) is 24.5 Å². The van der Waals surface area contributed by atoms with E-state index in [2.05, 4.69) is 25.4 Å². The summed E-state index contributed by atoms with van der Waals surface area (Å²) in [6.45, 7) is 10.3. The van der Waals surface area contributed by atoms with Gasteiger partial charge in [0.2, 0.25) is 0 Å². The Morgan fingerprint density at radius 3 is 2.53 bits per heavy atom. The topological polar surface area (TPSA) is 79.7 Å². The number of hydrogen-bond donors (Lipinski definition) is 1. The van der Waals surface area contributed by atoms with Crippen molar-refractivity contribution < 1.29 is 19.4 Å². The number of aliphatic hydroxyl groups is 1. The van der Waals surface area contributed by atoms with Crippen LogP contribution in [0.1, 0.15) is 53.6 Å². The first-order valence-electron chi connectivity index (χ1n) is 11.9. The molecule has 0 radical (unpaired) electrons. The minimum atomic E-state index is -0.733. The normalized spacial score (nSPS) is 17.0. The quantitative estimate of drug-likeness (QED) is 0.193. The van der Waals surface area contributed by atoms with E-state index in [1.54, 1.807) is 42.7 Å². The van der Waals surface area contributed by atoms with Crippen molar-refractivity contribution in [2.45, 2.75) is 39.3 Å². The number of ketones is 1. The van der Waals surface area contributed by atoms with Crippen LogP contribution in [-0.4, -0.2) is 33.3 Å². The van der Waals surface area contributed by atoms with Crippen LogP contribution in [0.4, 0.5) is 0 Å². The summed E-state index contributed by atoms with van der Waals surface area (Å²) in [4.78, 5) is 32.2. The average molecular weight is 483 g/mol. The number of hydrogen-bond acceptors (Lipinski definition) is 5. The third kappa shape index (κ3) is 4.93. The molecular formula is C30H30N2O4. The Bertz CT molecular complexity index is 1310. The number of nitrogens with zero attached hydrogens (tertiary/aromatic N) is 2. The van der Waals surface area contributed by atoms with Gasteiger partial charge in [0.15, 0.2) is 0 Å². The summed E-state index contributed by atoms with van der Waals surface area (Å²) >= 11 is 0. The first-order chi connectivity index (χ1) is 17.3. The number of carbonyl (C=O) groups excluding carboxylic acids is 2. The van der Waals surface area contributed by atoms with Crippen LogP contribution in [0.25, 0.3) is 5.76 Å². The van der Waals surface area contributed by atoms with Gasteiger partial charge in [-0.15, -0.1) is 0 Å². The number of rotatable bonds is 8. The van der Waals surface area contributed by atoms with Gasteiger partial charge in [-0.2, -0.15) is 0 Å². The number of Topliss-reactive ketones (excluding diaryl/α,β-unsaturated/α-hetero) is 1. The van der Waals surface area contributed by atoms with Crippen LogP contribution in [0, 0.1) is 6.92 Å². The Hall–Kier alpha value is -4.19. The maximum Gasteiger partial charge on any atom is 0.295 e. The zero-order valence-corrected chi connectivity index (χ0v) is 20.8. The first kappa shape index (κ1) is 24.9. The van der Waals surface area contributed by atoms with Crippen LogP contribution < -0.4 is 4.74 Å². The number of carbonyl (C=O) groups is 2. The predicted molar refractivity (Wildman–Crippen MR) is 139 cm³/mol. The highest BCUT2D eigenvalue weighted by atomic mass is 16.5. The highest BCUT2D eigenvalue weighted by molar-refractivity contribution is 6.46. The maximum absolute atomic E-state index is 13.3. The summed E-state index contributed by atoms with van der Waals surface area (Å²) in [5.74, 6) is -0.576. The highest BCUT2D eigenvalue weighted by Gasteiger charge is 2.46. The number of aryl methyl sites for hydroxylation is 1. The molecule has 0 spiro atoms. The summed E-state index contributed by atoms with van der Waals surface area (Å²) in [5, 5.41) is 11.4. The molecule has 1 aliphatic heterocycles. The van der Waals surface area contributed by atoms with Crippen LogP contribution in [0.3, 0.4) is 0 Å². The fourth-order valence-electron chi connectivity index (χ4n) is 4.40. The van der Waals surface area contributed by atoms with E-state index in [0.717, 1.165) is 22.3 Å². The Morgan fingerprint density at radius 2 is 1.92 bits per heavy atom. The summed E-state index contributed by atoms with van der Waals surface area (Å²) in [6, 6.07) is 15.9. The standard InChI is InChI=1S/C30H30N2O4/c1-5-15-36-25-13-12-24(16-20(25)4)28(33)26-27(23-10-8-22(9-11-23)19(2)3)32(30(35)29(26)34)18-21-7-6-14-31-17-21/h5-14,16-17,19,27,33H,1,15,18H2,2-4H3/b28-26-. The lowest BCUT2D eigenvalue weighted by Gasteiger charge is -2.25. The third-order valence-corrected chi connectivity index (χ3v) is 6.34. The van der Waals surface area contributed by atoms with E-state index in [9.17, 15) is 14.7 Å². The molecule has 1 N–H and O–H groups in total. The monoisotopic (exact) mass is 482 g/mol. The molecule has 36 heavy (non-hydrogen) atoms. The molecular weight excluding hydrogens is 452 g/mol. The second-order valence-electron chi connectivity index (χ2n) is 9.19.